The van der Waals surface area contributed by atoms with E-state index < -0.39 is 5.60 Å². The molecule has 0 aliphatic heterocycles. The molecule has 140 valence electrons. The molecular weight excluding hydrogens is 347 g/mol. The number of H-pyrrole nitrogens is 1. The molecule has 3 rings (SSSR count). The summed E-state index contributed by atoms with van der Waals surface area (Å²) < 4.78 is 13.3. The minimum atomic E-state index is -0.516. The monoisotopic (exact) mass is 368 g/mol. The zero-order chi connectivity index (χ0) is 19.4. The van der Waals surface area contributed by atoms with Crippen LogP contribution in [-0.4, -0.2) is 32.3 Å². The van der Waals surface area contributed by atoms with Crippen molar-refractivity contribution in [2.45, 2.75) is 32.9 Å². The zero-order valence-corrected chi connectivity index (χ0v) is 15.4. The van der Waals surface area contributed by atoms with Gasteiger partial charge < -0.3 is 0 Å². The van der Waals surface area contributed by atoms with Crippen LogP contribution in [0.1, 0.15) is 26.5 Å². The number of carbonyl (C=O) groups is 1. The van der Waals surface area contributed by atoms with Gasteiger partial charge >= 0.3 is 0 Å². The van der Waals surface area contributed by atoms with E-state index in [0.717, 1.165) is 16.7 Å². The Morgan fingerprint density at radius 1 is 1.11 bits per heavy atom. The maximum absolute atomic E-state index is 13.3. The van der Waals surface area contributed by atoms with Gasteiger partial charge in [0.1, 0.15) is 11.5 Å². The van der Waals surface area contributed by atoms with Gasteiger partial charge in [0.2, 0.25) is 6.41 Å². The Morgan fingerprint density at radius 3 is 2.37 bits per heavy atom. The van der Waals surface area contributed by atoms with Crippen molar-refractivity contribution >= 4 is 6.41 Å². The molecule has 27 heavy (non-hydrogen) atoms. The van der Waals surface area contributed by atoms with Crippen LogP contribution in [0, 0.1) is 5.82 Å². The average molecular weight is 368 g/mol. The first-order valence-electron chi connectivity index (χ1n) is 8.52. The summed E-state index contributed by atoms with van der Waals surface area (Å²) >= 11 is 0. The number of amides is 1. The molecule has 0 radical (unpaired) electrons. The van der Waals surface area contributed by atoms with Crippen LogP contribution in [0.2, 0.25) is 0 Å². The minimum Gasteiger partial charge on any atom is -0.279 e. The lowest BCUT2D eigenvalue weighted by atomic mass is 9.99. The molecule has 0 saturated carbocycles. The topological polar surface area (TPSA) is 71.1 Å². The van der Waals surface area contributed by atoms with E-state index in [1.807, 2.05) is 32.9 Å². The molecule has 0 atom stereocenters. The second kappa shape index (κ2) is 7.67. The predicted octanol–water partition coefficient (Wildman–Crippen LogP) is 3.97. The molecule has 0 saturated heterocycles. The second-order valence-electron chi connectivity index (χ2n) is 7.05. The summed E-state index contributed by atoms with van der Waals surface area (Å²) in [5.41, 5.74) is 3.32. The van der Waals surface area contributed by atoms with Gasteiger partial charge in [-0.1, -0.05) is 0 Å². The highest BCUT2D eigenvalue weighted by Gasteiger charge is 2.21. The molecule has 0 spiro atoms. The fourth-order valence-corrected chi connectivity index (χ4v) is 2.74. The number of nitrogens with zero attached hydrogens (tertiary/aromatic N) is 3. The highest BCUT2D eigenvalue weighted by Crippen LogP contribution is 2.33. The van der Waals surface area contributed by atoms with Gasteiger partial charge in [0.15, 0.2) is 0 Å². The lowest BCUT2D eigenvalue weighted by Gasteiger charge is -2.26. The fourth-order valence-electron chi connectivity index (χ4n) is 2.74. The van der Waals surface area contributed by atoms with E-state index in [1.165, 1.54) is 17.2 Å². The van der Waals surface area contributed by atoms with E-state index in [-0.39, 0.29) is 12.4 Å². The van der Waals surface area contributed by atoms with Crippen molar-refractivity contribution in [3.63, 3.8) is 0 Å². The van der Waals surface area contributed by atoms with Crippen molar-refractivity contribution in [3.05, 3.63) is 60.3 Å². The summed E-state index contributed by atoms with van der Waals surface area (Å²) in [6.07, 6.45) is 4.01. The third-order valence-corrected chi connectivity index (χ3v) is 3.75. The Labute approximate surface area is 157 Å². The molecule has 0 aliphatic rings. The number of pyridine rings is 1. The van der Waals surface area contributed by atoms with E-state index in [4.69, 9.17) is 4.84 Å². The molecule has 7 heteroatoms. The Bertz CT molecular complexity index is 902. The van der Waals surface area contributed by atoms with Crippen molar-refractivity contribution in [1.82, 2.24) is 20.2 Å². The van der Waals surface area contributed by atoms with Crippen LogP contribution >= 0.6 is 0 Å². The van der Waals surface area contributed by atoms with E-state index in [9.17, 15) is 9.18 Å². The Balaban J connectivity index is 2.04. The van der Waals surface area contributed by atoms with Gasteiger partial charge in [-0.25, -0.2) is 9.45 Å². The van der Waals surface area contributed by atoms with Gasteiger partial charge in [0, 0.05) is 23.5 Å². The largest absolute Gasteiger partial charge is 0.279 e. The maximum atomic E-state index is 13.3. The van der Waals surface area contributed by atoms with Gasteiger partial charge in [-0.3, -0.25) is 19.7 Å². The molecule has 0 unspecified atom stereocenters. The van der Waals surface area contributed by atoms with Crippen LogP contribution in [0.3, 0.4) is 0 Å². The highest BCUT2D eigenvalue weighted by molar-refractivity contribution is 5.82. The van der Waals surface area contributed by atoms with Crippen LogP contribution in [0.15, 0.2) is 48.8 Å². The van der Waals surface area contributed by atoms with Crippen LogP contribution in [-0.2, 0) is 16.2 Å². The molecule has 0 bridgehead atoms. The summed E-state index contributed by atoms with van der Waals surface area (Å²) in [4.78, 5) is 21.2. The lowest BCUT2D eigenvalue weighted by molar-refractivity contribution is -0.220. The van der Waals surface area contributed by atoms with Gasteiger partial charge in [0.05, 0.1) is 17.8 Å². The molecule has 2 aromatic heterocycles. The second-order valence-corrected chi connectivity index (χ2v) is 7.05. The summed E-state index contributed by atoms with van der Waals surface area (Å²) in [6.45, 7) is 5.78. The first-order chi connectivity index (χ1) is 12.9. The molecular formula is C20H21FN4O2. The number of aromatic nitrogens is 3. The van der Waals surface area contributed by atoms with Gasteiger partial charge in [0.25, 0.3) is 0 Å². The molecule has 6 nitrogen and oxygen atoms in total. The Morgan fingerprint density at radius 2 is 1.78 bits per heavy atom. The summed E-state index contributed by atoms with van der Waals surface area (Å²) in [7, 11) is 0. The lowest BCUT2D eigenvalue weighted by Crippen LogP contribution is -2.32. The number of benzene rings is 1. The number of aromatic amines is 1. The predicted molar refractivity (Wildman–Crippen MR) is 99.7 cm³/mol. The van der Waals surface area contributed by atoms with Gasteiger partial charge in [-0.15, -0.1) is 0 Å². The Kier molecular flexibility index (Phi) is 5.32. The molecule has 1 N–H and O–H groups in total. The molecule has 0 aliphatic carbocycles. The van der Waals surface area contributed by atoms with Crippen molar-refractivity contribution in [2.75, 3.05) is 0 Å². The average Bonchev–Trinajstić information content (AvgIpc) is 3.05. The van der Waals surface area contributed by atoms with Crippen molar-refractivity contribution in [2.24, 2.45) is 0 Å². The van der Waals surface area contributed by atoms with Crippen LogP contribution in [0.4, 0.5) is 4.39 Å². The number of hydrogen-bond acceptors (Lipinski definition) is 4. The standard InChI is InChI=1S/C20H21FN4O2/c1-20(2,3)27-25(13-26)12-17-18(14-8-10-22-11-9-14)19(24-23-17)15-4-6-16(21)7-5-15/h4-11,13H,12H2,1-3H3,(H,23,24). The molecule has 2 heterocycles. The smallest absolute Gasteiger partial charge is 0.233 e. The normalized spacial score (nSPS) is 11.4. The van der Waals surface area contributed by atoms with Gasteiger partial charge in [-0.2, -0.15) is 5.10 Å². The zero-order valence-electron chi connectivity index (χ0n) is 15.4. The van der Waals surface area contributed by atoms with Crippen LogP contribution in [0.25, 0.3) is 22.4 Å². The Hall–Kier alpha value is -3.06. The number of carbonyl (C=O) groups excluding carboxylic acids is 1. The van der Waals surface area contributed by atoms with Crippen molar-refractivity contribution in [1.29, 1.82) is 0 Å². The highest BCUT2D eigenvalue weighted by atomic mass is 19.1. The summed E-state index contributed by atoms with van der Waals surface area (Å²) in [6, 6.07) is 9.83. The fraction of sp³-hybridized carbons (Fsp3) is 0.250. The van der Waals surface area contributed by atoms with E-state index in [2.05, 4.69) is 15.2 Å². The number of rotatable bonds is 6. The van der Waals surface area contributed by atoms with E-state index in [0.29, 0.717) is 17.8 Å². The third-order valence-electron chi connectivity index (χ3n) is 3.75. The molecule has 0 fully saturated rings. The van der Waals surface area contributed by atoms with Crippen LogP contribution < -0.4 is 0 Å². The number of nitrogens with one attached hydrogen (secondary N) is 1. The maximum Gasteiger partial charge on any atom is 0.233 e. The van der Waals surface area contributed by atoms with Crippen LogP contribution in [0.5, 0.6) is 0 Å². The quantitative estimate of drug-likeness (QED) is 0.528. The van der Waals surface area contributed by atoms with Gasteiger partial charge in [-0.05, 0) is 62.7 Å². The van der Waals surface area contributed by atoms with E-state index >= 15 is 0 Å². The third kappa shape index (κ3) is 4.57. The SMILES string of the molecule is CC(C)(C)ON(C=O)Cc1[nH]nc(-c2ccc(F)cc2)c1-c1ccncc1. The van der Waals surface area contributed by atoms with Crippen molar-refractivity contribution < 1.29 is 14.0 Å². The summed E-state index contributed by atoms with van der Waals surface area (Å²) in [5, 5.41) is 8.63. The summed E-state index contributed by atoms with van der Waals surface area (Å²) in [5.74, 6) is -0.314. The minimum absolute atomic E-state index is 0.187. The molecule has 3 aromatic rings. The number of hydroxylamine groups is 2. The van der Waals surface area contributed by atoms with Crippen molar-refractivity contribution in [3.8, 4) is 22.4 Å². The first kappa shape index (κ1) is 18.7. The first-order valence-corrected chi connectivity index (χ1v) is 8.52. The molecule has 1 aromatic carbocycles. The number of halogens is 1. The number of hydrogen-bond donors (Lipinski definition) is 1. The van der Waals surface area contributed by atoms with E-state index in [1.54, 1.807) is 24.5 Å². The molecule has 1 amide bonds.